The van der Waals surface area contributed by atoms with Crippen molar-refractivity contribution in [3.63, 3.8) is 0 Å². The van der Waals surface area contributed by atoms with E-state index in [1.807, 2.05) is 54.7 Å². The normalized spacial score (nSPS) is 11.0. The van der Waals surface area contributed by atoms with Crippen LogP contribution in [0.5, 0.6) is 5.75 Å². The van der Waals surface area contributed by atoms with E-state index in [0.717, 1.165) is 22.6 Å². The first-order valence-electron chi connectivity index (χ1n) is 8.43. The van der Waals surface area contributed by atoms with Gasteiger partial charge in [0.25, 0.3) is 5.56 Å². The third-order valence-corrected chi connectivity index (χ3v) is 4.57. The fourth-order valence-corrected chi connectivity index (χ4v) is 3.05. The van der Waals surface area contributed by atoms with Gasteiger partial charge in [-0.2, -0.15) is 5.10 Å². The highest BCUT2D eigenvalue weighted by Gasteiger charge is 2.10. The Morgan fingerprint density at radius 1 is 1.04 bits per heavy atom. The summed E-state index contributed by atoms with van der Waals surface area (Å²) >= 11 is 0. The van der Waals surface area contributed by atoms with E-state index in [0.29, 0.717) is 12.1 Å². The lowest BCUT2D eigenvalue weighted by molar-refractivity contribution is 0.415. The molecular weight excluding hydrogens is 326 g/mol. The van der Waals surface area contributed by atoms with Crippen LogP contribution in [0.4, 0.5) is 0 Å². The van der Waals surface area contributed by atoms with Crippen LogP contribution >= 0.6 is 0 Å². The Labute approximate surface area is 151 Å². The molecule has 2 heterocycles. The van der Waals surface area contributed by atoms with Crippen molar-refractivity contribution in [1.29, 1.82) is 0 Å². The van der Waals surface area contributed by atoms with E-state index in [1.54, 1.807) is 22.4 Å². The lowest BCUT2D eigenvalue weighted by Gasteiger charge is -2.08. The molecule has 0 amide bonds. The Kier molecular flexibility index (Phi) is 4.05. The number of nitrogens with zero attached hydrogens (tertiary/aromatic N) is 3. The number of benzene rings is 2. The number of aryl methyl sites for hydroxylation is 1. The summed E-state index contributed by atoms with van der Waals surface area (Å²) < 4.78 is 8.62. The number of ether oxygens (including phenoxy) is 1. The molecule has 4 aromatic rings. The molecule has 0 aliphatic heterocycles. The maximum Gasteiger partial charge on any atom is 0.276 e. The molecule has 130 valence electrons. The third kappa shape index (κ3) is 2.88. The van der Waals surface area contributed by atoms with Crippen molar-refractivity contribution >= 4 is 5.52 Å². The average molecular weight is 345 g/mol. The maximum absolute atomic E-state index is 12.9. The van der Waals surface area contributed by atoms with Crippen LogP contribution in [-0.2, 0) is 6.54 Å². The largest absolute Gasteiger partial charge is 0.497 e. The first-order chi connectivity index (χ1) is 12.7. The summed E-state index contributed by atoms with van der Waals surface area (Å²) in [5.74, 6) is 0.761. The molecule has 0 spiro atoms. The Morgan fingerprint density at radius 2 is 1.88 bits per heavy atom. The minimum absolute atomic E-state index is 0.0580. The topological polar surface area (TPSA) is 48.5 Å². The molecule has 0 saturated carbocycles. The summed E-state index contributed by atoms with van der Waals surface area (Å²) in [7, 11) is 1.63. The second-order valence-corrected chi connectivity index (χ2v) is 6.25. The highest BCUT2D eigenvalue weighted by atomic mass is 16.5. The summed E-state index contributed by atoms with van der Waals surface area (Å²) in [6.07, 6.45) is 3.60. The standard InChI is InChI=1S/C21H19N3O2/c1-15-6-3-4-7-17(15)14-23-10-11-24-20(21(23)25)13-19(22-24)16-8-5-9-18(12-16)26-2/h3-13H,14H2,1-2H3. The zero-order valence-electron chi connectivity index (χ0n) is 14.7. The van der Waals surface area contributed by atoms with Gasteiger partial charge in [0.1, 0.15) is 11.3 Å². The Balaban J connectivity index is 1.76. The van der Waals surface area contributed by atoms with Gasteiger partial charge in [0.05, 0.1) is 19.3 Å². The lowest BCUT2D eigenvalue weighted by Crippen LogP contribution is -2.22. The van der Waals surface area contributed by atoms with Crippen molar-refractivity contribution < 1.29 is 4.74 Å². The summed E-state index contributed by atoms with van der Waals surface area (Å²) in [5, 5.41) is 4.53. The van der Waals surface area contributed by atoms with Crippen LogP contribution in [0.2, 0.25) is 0 Å². The zero-order valence-corrected chi connectivity index (χ0v) is 14.7. The molecule has 2 aromatic heterocycles. The van der Waals surface area contributed by atoms with Gasteiger partial charge < -0.3 is 9.30 Å². The highest BCUT2D eigenvalue weighted by Crippen LogP contribution is 2.23. The molecule has 5 nitrogen and oxygen atoms in total. The van der Waals surface area contributed by atoms with E-state index in [-0.39, 0.29) is 5.56 Å². The van der Waals surface area contributed by atoms with E-state index in [4.69, 9.17) is 4.74 Å². The highest BCUT2D eigenvalue weighted by molar-refractivity contribution is 5.66. The van der Waals surface area contributed by atoms with E-state index in [1.165, 1.54) is 5.56 Å². The monoisotopic (exact) mass is 345 g/mol. The molecule has 0 fully saturated rings. The molecule has 0 bridgehead atoms. The van der Waals surface area contributed by atoms with E-state index < -0.39 is 0 Å². The van der Waals surface area contributed by atoms with Crippen LogP contribution in [0.15, 0.2) is 71.8 Å². The van der Waals surface area contributed by atoms with Crippen LogP contribution in [0.3, 0.4) is 0 Å². The molecule has 2 aromatic carbocycles. The number of methoxy groups -OCH3 is 1. The summed E-state index contributed by atoms with van der Waals surface area (Å²) in [5.41, 5.74) is 4.46. The van der Waals surface area contributed by atoms with Crippen LogP contribution < -0.4 is 10.3 Å². The van der Waals surface area contributed by atoms with E-state index >= 15 is 0 Å². The summed E-state index contributed by atoms with van der Waals surface area (Å²) in [6, 6.07) is 17.6. The molecule has 5 heteroatoms. The SMILES string of the molecule is COc1cccc(-c2cc3c(=O)n(Cc4ccccc4C)ccn3n2)c1. The molecule has 0 radical (unpaired) electrons. The summed E-state index contributed by atoms with van der Waals surface area (Å²) in [6.45, 7) is 2.60. The van der Waals surface area contributed by atoms with Crippen LogP contribution in [-0.4, -0.2) is 21.3 Å². The van der Waals surface area contributed by atoms with Gasteiger partial charge in [-0.3, -0.25) is 4.79 Å². The number of fused-ring (bicyclic) bond motifs is 1. The van der Waals surface area contributed by atoms with Crippen molar-refractivity contribution in [1.82, 2.24) is 14.2 Å². The molecule has 0 aliphatic rings. The fourth-order valence-electron chi connectivity index (χ4n) is 3.05. The van der Waals surface area contributed by atoms with Crippen molar-refractivity contribution in [3.05, 3.63) is 88.5 Å². The fraction of sp³-hybridized carbons (Fsp3) is 0.143. The lowest BCUT2D eigenvalue weighted by atomic mass is 10.1. The Morgan fingerprint density at radius 3 is 2.69 bits per heavy atom. The van der Waals surface area contributed by atoms with Crippen molar-refractivity contribution in [2.45, 2.75) is 13.5 Å². The molecular formula is C21H19N3O2. The number of aromatic nitrogens is 3. The number of hydrogen-bond acceptors (Lipinski definition) is 3. The van der Waals surface area contributed by atoms with Crippen LogP contribution in [0.25, 0.3) is 16.8 Å². The van der Waals surface area contributed by atoms with Crippen molar-refractivity contribution in [3.8, 4) is 17.0 Å². The molecule has 0 saturated heterocycles. The molecule has 4 rings (SSSR count). The van der Waals surface area contributed by atoms with Gasteiger partial charge in [-0.25, -0.2) is 4.52 Å². The predicted octanol–water partition coefficient (Wildman–Crippen LogP) is 3.53. The molecule has 0 atom stereocenters. The molecule has 0 aliphatic carbocycles. The molecule has 0 N–H and O–H groups in total. The smallest absolute Gasteiger partial charge is 0.276 e. The van der Waals surface area contributed by atoms with Crippen molar-refractivity contribution in [2.75, 3.05) is 7.11 Å². The van der Waals surface area contributed by atoms with Crippen LogP contribution in [0, 0.1) is 6.92 Å². The van der Waals surface area contributed by atoms with Gasteiger partial charge in [-0.1, -0.05) is 36.4 Å². The number of rotatable bonds is 4. The summed E-state index contributed by atoms with van der Waals surface area (Å²) in [4.78, 5) is 12.9. The molecule has 0 unspecified atom stereocenters. The van der Waals surface area contributed by atoms with Gasteiger partial charge in [-0.05, 0) is 36.2 Å². The Hall–Kier alpha value is -3.34. The second kappa shape index (κ2) is 6.52. The van der Waals surface area contributed by atoms with E-state index in [2.05, 4.69) is 18.1 Å². The van der Waals surface area contributed by atoms with Gasteiger partial charge >= 0.3 is 0 Å². The minimum atomic E-state index is -0.0580. The minimum Gasteiger partial charge on any atom is -0.497 e. The van der Waals surface area contributed by atoms with Crippen LogP contribution in [0.1, 0.15) is 11.1 Å². The van der Waals surface area contributed by atoms with Gasteiger partial charge in [0.2, 0.25) is 0 Å². The average Bonchev–Trinajstić information content (AvgIpc) is 3.11. The first-order valence-corrected chi connectivity index (χ1v) is 8.43. The first kappa shape index (κ1) is 16.1. The second-order valence-electron chi connectivity index (χ2n) is 6.25. The zero-order chi connectivity index (χ0) is 18.1. The van der Waals surface area contributed by atoms with Crippen molar-refractivity contribution in [2.24, 2.45) is 0 Å². The van der Waals surface area contributed by atoms with Gasteiger partial charge in [0, 0.05) is 18.0 Å². The van der Waals surface area contributed by atoms with Gasteiger partial charge in [-0.15, -0.1) is 0 Å². The third-order valence-electron chi connectivity index (χ3n) is 4.57. The maximum atomic E-state index is 12.9. The predicted molar refractivity (Wildman–Crippen MR) is 102 cm³/mol. The van der Waals surface area contributed by atoms with E-state index in [9.17, 15) is 4.79 Å². The molecule has 26 heavy (non-hydrogen) atoms. The number of hydrogen-bond donors (Lipinski definition) is 0. The quantitative estimate of drug-likeness (QED) is 0.568. The Bertz CT molecular complexity index is 1140. The van der Waals surface area contributed by atoms with Gasteiger partial charge in [0.15, 0.2) is 0 Å².